The van der Waals surface area contributed by atoms with Crippen LogP contribution in [0.15, 0.2) is 45.8 Å². The molecule has 1 aromatic carbocycles. The third-order valence-electron chi connectivity index (χ3n) is 9.19. The Balaban J connectivity index is 1.08. The van der Waals surface area contributed by atoms with Crippen molar-refractivity contribution in [1.82, 2.24) is 19.5 Å². The summed E-state index contributed by atoms with van der Waals surface area (Å²) in [6.45, 7) is 9.25. The number of rotatable bonds is 5. The van der Waals surface area contributed by atoms with Crippen LogP contribution in [-0.4, -0.2) is 103 Å². The Hall–Kier alpha value is -2.79. The highest BCUT2D eigenvalue weighted by Gasteiger charge is 2.48. The van der Waals surface area contributed by atoms with Gasteiger partial charge in [-0.05, 0) is 51.8 Å². The van der Waals surface area contributed by atoms with Crippen molar-refractivity contribution >= 4 is 29.8 Å². The van der Waals surface area contributed by atoms with Crippen LogP contribution >= 0.6 is 0 Å². The smallest absolute Gasteiger partial charge is 0.268 e. The number of hydrogen-bond acceptors (Lipinski definition) is 8. The number of piperidine rings is 1. The summed E-state index contributed by atoms with van der Waals surface area (Å²) in [5.74, 6) is 0.610. The molecule has 1 aliphatic carbocycles. The lowest BCUT2D eigenvalue weighted by Crippen LogP contribution is -2.53. The Morgan fingerprint density at radius 1 is 1.13 bits per heavy atom. The molecule has 0 bridgehead atoms. The zero-order valence-electron chi connectivity index (χ0n) is 22.7. The minimum absolute atomic E-state index is 0.174. The number of likely N-dealkylation sites (N-methyl/N-ethyl adjacent to an activating group) is 1. The summed E-state index contributed by atoms with van der Waals surface area (Å²) in [6.07, 6.45) is 6.31. The lowest BCUT2D eigenvalue weighted by atomic mass is 9.89. The first-order valence-corrected chi connectivity index (χ1v) is 13.8. The van der Waals surface area contributed by atoms with Crippen LogP contribution in [0.25, 0.3) is 0 Å². The maximum Gasteiger partial charge on any atom is 0.268 e. The van der Waals surface area contributed by atoms with E-state index in [2.05, 4.69) is 33.9 Å². The standard InChI is InChI=1S/C28H39N7O3/c1-21-17-34(15-14-31(21)3)23-4-6-24(7-5-23)35(38)25-22(16-30-35)18-32(20-29-25)19-28(37)10-12-33(13-11-28)26(36)27(2)8-9-27/h4-7,16,20-21,37H,8-15,17-19H2,1-3H3/t21-,35?/m1/s1. The van der Waals surface area contributed by atoms with Crippen molar-refractivity contribution in [3.8, 4) is 0 Å². The lowest BCUT2D eigenvalue weighted by molar-refractivity contribution is -0.140. The second-order valence-electron chi connectivity index (χ2n) is 12.2. The molecule has 38 heavy (non-hydrogen) atoms. The SMILES string of the molecule is C[C@@H]1CN(c2ccc([N+]3([O-])N=CC4=C3N=CN(CC3(O)CCN(C(=O)C5(C)CC5)CC3)C4)cc2)CCN1C. The van der Waals surface area contributed by atoms with Crippen molar-refractivity contribution in [2.45, 2.75) is 51.2 Å². The Morgan fingerprint density at radius 2 is 1.84 bits per heavy atom. The van der Waals surface area contributed by atoms with Crippen molar-refractivity contribution in [3.05, 3.63) is 40.9 Å². The van der Waals surface area contributed by atoms with Crippen LogP contribution < -0.4 is 9.66 Å². The first kappa shape index (κ1) is 25.5. The molecule has 0 aromatic heterocycles. The topological polar surface area (TPSA) is 98.0 Å². The van der Waals surface area contributed by atoms with Gasteiger partial charge in [0.25, 0.3) is 5.82 Å². The minimum atomic E-state index is -0.945. The normalized spacial score (nSPS) is 30.1. The van der Waals surface area contributed by atoms with Gasteiger partial charge >= 0.3 is 0 Å². The fraction of sp³-hybridized carbons (Fsp3) is 0.607. The highest BCUT2D eigenvalue weighted by Crippen LogP contribution is 2.47. The van der Waals surface area contributed by atoms with Gasteiger partial charge in [0.05, 0.1) is 30.3 Å². The first-order chi connectivity index (χ1) is 18.1. The van der Waals surface area contributed by atoms with Gasteiger partial charge in [0, 0.05) is 68.5 Å². The lowest BCUT2D eigenvalue weighted by Gasteiger charge is -2.42. The largest absolute Gasteiger partial charge is 0.593 e. The van der Waals surface area contributed by atoms with Crippen LogP contribution in [0.5, 0.6) is 0 Å². The molecule has 1 N–H and O–H groups in total. The summed E-state index contributed by atoms with van der Waals surface area (Å²) in [4.78, 5) is 25.8. The van der Waals surface area contributed by atoms with Crippen LogP contribution in [0.3, 0.4) is 0 Å². The summed E-state index contributed by atoms with van der Waals surface area (Å²) < 4.78 is -0.945. The molecule has 10 nitrogen and oxygen atoms in total. The molecule has 6 rings (SSSR count). The number of β-amino-alcohol motifs (C(OH)–C–C–N with tert-alkyl or cyclic N) is 1. The van der Waals surface area contributed by atoms with Crippen molar-refractivity contribution < 1.29 is 9.90 Å². The molecule has 1 unspecified atom stereocenters. The van der Waals surface area contributed by atoms with E-state index in [0.717, 1.165) is 43.7 Å². The molecule has 0 spiro atoms. The Bertz CT molecular complexity index is 1180. The number of hydrogen-bond donors (Lipinski definition) is 1. The Labute approximate surface area is 224 Å². The number of quaternary nitrogens is 1. The average Bonchev–Trinajstić information content (AvgIpc) is 3.58. The second kappa shape index (κ2) is 9.15. The molecule has 4 aliphatic heterocycles. The Kier molecular flexibility index (Phi) is 6.14. The first-order valence-electron chi connectivity index (χ1n) is 13.8. The second-order valence-corrected chi connectivity index (χ2v) is 12.2. The maximum atomic E-state index is 13.8. The number of hydroxylamine groups is 1. The molecule has 2 atom stereocenters. The molecule has 0 radical (unpaired) electrons. The zero-order valence-corrected chi connectivity index (χ0v) is 22.7. The van der Waals surface area contributed by atoms with Gasteiger partial charge in [0.2, 0.25) is 5.91 Å². The van der Waals surface area contributed by atoms with E-state index in [1.54, 1.807) is 12.6 Å². The number of nitrogens with zero attached hydrogens (tertiary/aromatic N) is 7. The van der Waals surface area contributed by atoms with E-state index in [0.29, 0.717) is 56.6 Å². The zero-order chi connectivity index (χ0) is 26.7. The molecule has 1 saturated carbocycles. The summed E-state index contributed by atoms with van der Waals surface area (Å²) in [6, 6.07) is 8.22. The predicted molar refractivity (Wildman–Crippen MR) is 150 cm³/mol. The van der Waals surface area contributed by atoms with Crippen molar-refractivity contribution in [3.63, 3.8) is 0 Å². The monoisotopic (exact) mass is 521 g/mol. The van der Waals surface area contributed by atoms with Gasteiger partial charge in [0.1, 0.15) is 0 Å². The van der Waals surface area contributed by atoms with Crippen LogP contribution in [0.2, 0.25) is 0 Å². The molecular formula is C28H39N7O3. The van der Waals surface area contributed by atoms with E-state index in [-0.39, 0.29) is 11.3 Å². The molecule has 3 fully saturated rings. The van der Waals surface area contributed by atoms with Gasteiger partial charge in [-0.25, -0.2) is 0 Å². The molecule has 204 valence electrons. The number of aliphatic hydroxyl groups is 1. The number of likely N-dealkylation sites (tertiary alicyclic amines) is 1. The minimum Gasteiger partial charge on any atom is -0.593 e. The number of carbonyl (C=O) groups excluding carboxylic acids is 1. The molecule has 5 aliphatic rings. The van der Waals surface area contributed by atoms with Gasteiger partial charge in [-0.3, -0.25) is 4.79 Å². The van der Waals surface area contributed by atoms with Crippen LogP contribution in [0.1, 0.15) is 39.5 Å². The fourth-order valence-corrected chi connectivity index (χ4v) is 6.01. The third-order valence-corrected chi connectivity index (χ3v) is 9.19. The highest BCUT2D eigenvalue weighted by molar-refractivity contribution is 5.87. The van der Waals surface area contributed by atoms with E-state index in [4.69, 9.17) is 0 Å². The fourth-order valence-electron chi connectivity index (χ4n) is 6.01. The summed E-state index contributed by atoms with van der Waals surface area (Å²) in [5.41, 5.74) is 1.36. The quantitative estimate of drug-likeness (QED) is 0.472. The van der Waals surface area contributed by atoms with Gasteiger partial charge in [0.15, 0.2) is 5.69 Å². The Morgan fingerprint density at radius 3 is 2.50 bits per heavy atom. The molecule has 1 amide bonds. The van der Waals surface area contributed by atoms with Crippen LogP contribution in [0.4, 0.5) is 11.4 Å². The summed E-state index contributed by atoms with van der Waals surface area (Å²) in [7, 11) is 2.15. The van der Waals surface area contributed by atoms with E-state index < -0.39 is 10.4 Å². The van der Waals surface area contributed by atoms with Gasteiger partial charge in [-0.15, -0.1) is 4.76 Å². The van der Waals surface area contributed by atoms with Gasteiger partial charge < -0.3 is 29.9 Å². The van der Waals surface area contributed by atoms with Crippen LogP contribution in [0, 0.1) is 10.6 Å². The van der Waals surface area contributed by atoms with Crippen molar-refractivity contribution in [2.24, 2.45) is 15.5 Å². The summed E-state index contributed by atoms with van der Waals surface area (Å²) in [5, 5.41) is 29.4. The van der Waals surface area contributed by atoms with Crippen LogP contribution in [-0.2, 0) is 4.79 Å². The van der Waals surface area contributed by atoms with E-state index in [1.807, 2.05) is 41.0 Å². The molecule has 1 aromatic rings. The number of anilines is 1. The van der Waals surface area contributed by atoms with Gasteiger partial charge in [-0.1, -0.05) is 12.0 Å². The number of carbonyl (C=O) groups is 1. The number of piperazine rings is 1. The number of aliphatic imine (C=N–C) groups is 1. The molecule has 10 heteroatoms. The molecule has 4 heterocycles. The highest BCUT2D eigenvalue weighted by atomic mass is 16.6. The van der Waals surface area contributed by atoms with Crippen molar-refractivity contribution in [1.29, 1.82) is 0 Å². The van der Waals surface area contributed by atoms with Gasteiger partial charge in [-0.2, -0.15) is 4.99 Å². The van der Waals surface area contributed by atoms with E-state index in [9.17, 15) is 15.1 Å². The summed E-state index contributed by atoms with van der Waals surface area (Å²) >= 11 is 0. The average molecular weight is 522 g/mol. The van der Waals surface area contributed by atoms with E-state index >= 15 is 0 Å². The number of amides is 1. The number of benzene rings is 1. The van der Waals surface area contributed by atoms with E-state index in [1.165, 1.54) is 0 Å². The maximum absolute atomic E-state index is 13.8. The third kappa shape index (κ3) is 4.53. The molecule has 2 saturated heterocycles. The van der Waals surface area contributed by atoms with Crippen molar-refractivity contribution in [2.75, 3.05) is 57.8 Å². The predicted octanol–water partition coefficient (Wildman–Crippen LogP) is 2.34. The molecular weight excluding hydrogens is 482 g/mol.